The molecule has 23 heavy (non-hydrogen) atoms. The number of aryl methyl sites for hydroxylation is 2. The summed E-state index contributed by atoms with van der Waals surface area (Å²) < 4.78 is 10.1. The molecule has 3 aromatic rings. The molecule has 0 spiro atoms. The van der Waals surface area contributed by atoms with Gasteiger partial charge in [-0.3, -0.25) is 0 Å². The molecule has 0 aliphatic carbocycles. The van der Waals surface area contributed by atoms with Crippen LogP contribution >= 0.6 is 0 Å². The molecule has 2 aromatic heterocycles. The maximum Gasteiger partial charge on any atom is 0.118 e. The predicted octanol–water partition coefficient (Wildman–Crippen LogP) is 4.52. The summed E-state index contributed by atoms with van der Waals surface area (Å²) in [6.07, 6.45) is 3.36. The molecule has 3 heteroatoms. The molecular weight excluding hydrogens is 284 g/mol. The van der Waals surface area contributed by atoms with Gasteiger partial charge in [-0.25, -0.2) is 0 Å². The summed E-state index contributed by atoms with van der Waals surface area (Å²) in [7, 11) is 1.71. The van der Waals surface area contributed by atoms with Crippen LogP contribution in [0.15, 0.2) is 42.6 Å². The first-order valence-electron chi connectivity index (χ1n) is 8.26. The lowest BCUT2D eigenvalue weighted by Crippen LogP contribution is -2.16. The van der Waals surface area contributed by atoms with E-state index in [0.29, 0.717) is 0 Å². The highest BCUT2D eigenvalue weighted by Gasteiger charge is 2.23. The van der Waals surface area contributed by atoms with E-state index in [9.17, 15) is 0 Å². The maximum absolute atomic E-state index is 5.28. The highest BCUT2D eigenvalue weighted by atomic mass is 16.5. The first-order chi connectivity index (χ1) is 11.2. The van der Waals surface area contributed by atoms with E-state index in [1.165, 1.54) is 33.8 Å². The third-order valence-corrected chi connectivity index (χ3v) is 4.94. The van der Waals surface area contributed by atoms with E-state index in [4.69, 9.17) is 4.74 Å². The predicted molar refractivity (Wildman–Crippen MR) is 94.0 cm³/mol. The largest absolute Gasteiger partial charge is 0.497 e. The molecule has 1 aromatic carbocycles. The highest BCUT2D eigenvalue weighted by Crippen LogP contribution is 2.38. The molecule has 0 saturated carbocycles. The smallest absolute Gasteiger partial charge is 0.118 e. The third kappa shape index (κ3) is 2.11. The number of nitrogens with zero attached hydrogens (tertiary/aromatic N) is 2. The molecule has 0 unspecified atom stereocenters. The van der Waals surface area contributed by atoms with Crippen molar-refractivity contribution in [3.63, 3.8) is 0 Å². The highest BCUT2D eigenvalue weighted by molar-refractivity contribution is 5.77. The fraction of sp³-hybridized carbons (Fsp3) is 0.300. The second-order valence-corrected chi connectivity index (χ2v) is 6.16. The van der Waals surface area contributed by atoms with Crippen LogP contribution in [0.1, 0.15) is 18.2 Å². The van der Waals surface area contributed by atoms with Gasteiger partial charge < -0.3 is 13.9 Å². The average Bonchev–Trinajstić information content (AvgIpc) is 3.15. The lowest BCUT2D eigenvalue weighted by atomic mass is 10.00. The molecule has 118 valence electrons. The number of rotatable bonds is 3. The Labute approximate surface area is 137 Å². The molecule has 3 heterocycles. The first kappa shape index (κ1) is 14.2. The van der Waals surface area contributed by atoms with E-state index in [0.717, 1.165) is 25.3 Å². The Hall–Kier alpha value is -2.42. The van der Waals surface area contributed by atoms with Crippen molar-refractivity contribution in [2.24, 2.45) is 0 Å². The Morgan fingerprint density at radius 3 is 2.52 bits per heavy atom. The summed E-state index contributed by atoms with van der Waals surface area (Å²) in [5.74, 6) is 0.903. The van der Waals surface area contributed by atoms with Gasteiger partial charge in [0.2, 0.25) is 0 Å². The lowest BCUT2D eigenvalue weighted by Gasteiger charge is -2.21. The van der Waals surface area contributed by atoms with Crippen LogP contribution in [-0.2, 0) is 19.5 Å². The maximum atomic E-state index is 5.28. The number of hydrogen-bond donors (Lipinski definition) is 0. The molecule has 0 bridgehead atoms. The van der Waals surface area contributed by atoms with Gasteiger partial charge in [-0.15, -0.1) is 0 Å². The molecule has 1 aliphatic rings. The van der Waals surface area contributed by atoms with Gasteiger partial charge in [0.25, 0.3) is 0 Å². The summed E-state index contributed by atoms with van der Waals surface area (Å²) in [6, 6.07) is 12.9. The molecule has 0 amide bonds. The zero-order valence-electron chi connectivity index (χ0n) is 14.0. The third-order valence-electron chi connectivity index (χ3n) is 4.94. The fourth-order valence-electron chi connectivity index (χ4n) is 3.74. The van der Waals surface area contributed by atoms with Gasteiger partial charge in [0.1, 0.15) is 5.75 Å². The van der Waals surface area contributed by atoms with E-state index >= 15 is 0 Å². The van der Waals surface area contributed by atoms with E-state index in [-0.39, 0.29) is 0 Å². The van der Waals surface area contributed by atoms with Crippen LogP contribution in [0.5, 0.6) is 5.75 Å². The molecule has 0 saturated heterocycles. The summed E-state index contributed by atoms with van der Waals surface area (Å²) in [5, 5.41) is 0. The molecule has 3 nitrogen and oxygen atoms in total. The first-order valence-corrected chi connectivity index (χ1v) is 8.26. The minimum Gasteiger partial charge on any atom is -0.497 e. The molecule has 0 radical (unpaired) electrons. The normalized spacial score (nSPS) is 12.8. The number of methoxy groups -OCH3 is 1. The van der Waals surface area contributed by atoms with E-state index < -0.39 is 0 Å². The van der Waals surface area contributed by atoms with Gasteiger partial charge in [-0.2, -0.15) is 0 Å². The van der Waals surface area contributed by atoms with Gasteiger partial charge in [0.05, 0.1) is 18.5 Å². The summed E-state index contributed by atoms with van der Waals surface area (Å²) in [6.45, 7) is 6.54. The fourth-order valence-corrected chi connectivity index (χ4v) is 3.74. The minimum absolute atomic E-state index is 0.903. The van der Waals surface area contributed by atoms with Crippen molar-refractivity contribution in [2.75, 3.05) is 7.11 Å². The van der Waals surface area contributed by atoms with Crippen molar-refractivity contribution in [1.82, 2.24) is 9.13 Å². The second-order valence-electron chi connectivity index (χ2n) is 6.16. The number of aromatic nitrogens is 2. The molecular formula is C20H22N2O. The Kier molecular flexibility index (Phi) is 3.29. The van der Waals surface area contributed by atoms with Crippen molar-refractivity contribution in [3.8, 4) is 28.3 Å². The van der Waals surface area contributed by atoms with Crippen molar-refractivity contribution in [1.29, 1.82) is 0 Å². The van der Waals surface area contributed by atoms with E-state index in [2.05, 4.69) is 53.4 Å². The number of fused-ring (bicyclic) bond motifs is 3. The summed E-state index contributed by atoms with van der Waals surface area (Å²) >= 11 is 0. The Morgan fingerprint density at radius 2 is 1.83 bits per heavy atom. The Morgan fingerprint density at radius 1 is 1.04 bits per heavy atom. The zero-order chi connectivity index (χ0) is 16.0. The van der Waals surface area contributed by atoms with Crippen molar-refractivity contribution in [2.45, 2.75) is 33.4 Å². The van der Waals surface area contributed by atoms with Crippen molar-refractivity contribution >= 4 is 0 Å². The topological polar surface area (TPSA) is 19.1 Å². The van der Waals surface area contributed by atoms with Crippen molar-refractivity contribution < 1.29 is 4.74 Å². The van der Waals surface area contributed by atoms with E-state index in [1.807, 2.05) is 12.1 Å². The molecule has 0 fully saturated rings. The van der Waals surface area contributed by atoms with Crippen LogP contribution in [0.25, 0.3) is 22.5 Å². The monoisotopic (exact) mass is 306 g/mol. The van der Waals surface area contributed by atoms with Crippen LogP contribution in [0.3, 0.4) is 0 Å². The molecule has 4 rings (SSSR count). The number of ether oxygens (including phenoxy) is 1. The average molecular weight is 306 g/mol. The SMILES string of the molecule is CCc1c(-c2ccc(OC)cc2)cn2c1-c1ccc(C)n1CC2. The van der Waals surface area contributed by atoms with Crippen molar-refractivity contribution in [3.05, 3.63) is 53.9 Å². The quantitative estimate of drug-likeness (QED) is 0.696. The van der Waals surface area contributed by atoms with Crippen LogP contribution in [-0.4, -0.2) is 16.2 Å². The standard InChI is InChI=1S/C20H22N2O/c1-4-17-18(15-6-8-16(23-3)9-7-15)13-21-11-12-22-14(2)5-10-19(22)20(17)21/h5-10,13H,4,11-12H2,1-3H3. The lowest BCUT2D eigenvalue weighted by molar-refractivity contribution is 0.415. The zero-order valence-corrected chi connectivity index (χ0v) is 14.0. The number of benzene rings is 1. The van der Waals surface area contributed by atoms with Gasteiger partial charge in [-0.1, -0.05) is 19.1 Å². The molecule has 1 aliphatic heterocycles. The number of hydrogen-bond acceptors (Lipinski definition) is 1. The minimum atomic E-state index is 0.903. The molecule has 0 atom stereocenters. The summed E-state index contributed by atoms with van der Waals surface area (Å²) in [4.78, 5) is 0. The Bertz CT molecular complexity index is 853. The van der Waals surface area contributed by atoms with Crippen LogP contribution in [0.2, 0.25) is 0 Å². The van der Waals surface area contributed by atoms with Gasteiger partial charge >= 0.3 is 0 Å². The molecule has 0 N–H and O–H groups in total. The van der Waals surface area contributed by atoms with Crippen LogP contribution in [0.4, 0.5) is 0 Å². The second kappa shape index (κ2) is 5.34. The van der Waals surface area contributed by atoms with Gasteiger partial charge in [0, 0.05) is 30.5 Å². The Balaban J connectivity index is 1.89. The van der Waals surface area contributed by atoms with E-state index in [1.54, 1.807) is 7.11 Å². The van der Waals surface area contributed by atoms with Crippen LogP contribution in [0, 0.1) is 6.92 Å². The van der Waals surface area contributed by atoms with Crippen LogP contribution < -0.4 is 4.74 Å². The van der Waals surface area contributed by atoms with Gasteiger partial charge in [0.15, 0.2) is 0 Å². The van der Waals surface area contributed by atoms with Gasteiger partial charge in [-0.05, 0) is 48.7 Å². The summed E-state index contributed by atoms with van der Waals surface area (Å²) in [5.41, 5.74) is 8.13.